The van der Waals surface area contributed by atoms with E-state index in [4.69, 9.17) is 4.74 Å². The molecule has 0 radical (unpaired) electrons. The minimum Gasteiger partial charge on any atom is -0.457 e. The lowest BCUT2D eigenvalue weighted by Crippen LogP contribution is -1.82. The maximum Gasteiger partial charge on any atom is 0.127 e. The van der Waals surface area contributed by atoms with Crippen LogP contribution < -0.4 is 4.74 Å². The van der Waals surface area contributed by atoms with Crippen LogP contribution in [0.5, 0.6) is 11.5 Å². The van der Waals surface area contributed by atoms with Gasteiger partial charge in [0.1, 0.15) is 11.5 Å². The van der Waals surface area contributed by atoms with Crippen LogP contribution in [0.25, 0.3) is 0 Å². The summed E-state index contributed by atoms with van der Waals surface area (Å²) >= 11 is 0. The third-order valence-electron chi connectivity index (χ3n) is 3.98. The molecule has 29 heavy (non-hydrogen) atoms. The van der Waals surface area contributed by atoms with Crippen molar-refractivity contribution in [3.8, 4) is 11.5 Å². The second kappa shape index (κ2) is 9.19. The molecule has 0 atom stereocenters. The molecule has 0 heterocycles. The van der Waals surface area contributed by atoms with Crippen LogP contribution in [0.2, 0.25) is 0 Å². The van der Waals surface area contributed by atoms with E-state index in [1.807, 2.05) is 109 Å². The fraction of sp³-hybridized carbons (Fsp3) is 0. The monoisotopic (exact) mass is 378 g/mol. The predicted molar refractivity (Wildman–Crippen MR) is 114 cm³/mol. The normalized spacial score (nSPS) is 11.2. The molecule has 5 nitrogen and oxygen atoms in total. The van der Waals surface area contributed by atoms with Crippen molar-refractivity contribution in [2.24, 2.45) is 20.5 Å². The van der Waals surface area contributed by atoms with E-state index in [2.05, 4.69) is 20.5 Å². The van der Waals surface area contributed by atoms with E-state index in [-0.39, 0.29) is 0 Å². The smallest absolute Gasteiger partial charge is 0.127 e. The molecule has 0 fully saturated rings. The van der Waals surface area contributed by atoms with Gasteiger partial charge in [0, 0.05) is 0 Å². The largest absolute Gasteiger partial charge is 0.457 e. The van der Waals surface area contributed by atoms with Crippen LogP contribution in [0, 0.1) is 0 Å². The van der Waals surface area contributed by atoms with Gasteiger partial charge in [-0.15, -0.1) is 0 Å². The van der Waals surface area contributed by atoms with Gasteiger partial charge in [-0.3, -0.25) is 0 Å². The highest BCUT2D eigenvalue weighted by atomic mass is 16.5. The highest BCUT2D eigenvalue weighted by Crippen LogP contribution is 2.27. The maximum atomic E-state index is 5.87. The second-order valence-electron chi connectivity index (χ2n) is 6.16. The van der Waals surface area contributed by atoms with E-state index in [9.17, 15) is 0 Å². The lowest BCUT2D eigenvalue weighted by molar-refractivity contribution is 0.483. The van der Waals surface area contributed by atoms with Crippen molar-refractivity contribution in [3.63, 3.8) is 0 Å². The van der Waals surface area contributed by atoms with Gasteiger partial charge in [-0.25, -0.2) is 0 Å². The first-order valence-corrected chi connectivity index (χ1v) is 9.17. The number of nitrogens with zero attached hydrogens (tertiary/aromatic N) is 4. The minimum atomic E-state index is 0.724. The molecular weight excluding hydrogens is 360 g/mol. The molecule has 0 bridgehead atoms. The third kappa shape index (κ3) is 5.43. The van der Waals surface area contributed by atoms with Crippen molar-refractivity contribution < 1.29 is 4.74 Å². The van der Waals surface area contributed by atoms with Gasteiger partial charge >= 0.3 is 0 Å². The molecule has 4 rings (SSSR count). The zero-order chi connectivity index (χ0) is 19.7. The van der Waals surface area contributed by atoms with Crippen molar-refractivity contribution in [1.29, 1.82) is 0 Å². The molecule has 140 valence electrons. The highest BCUT2D eigenvalue weighted by molar-refractivity contribution is 5.46. The molecule has 0 spiro atoms. The average Bonchev–Trinajstić information content (AvgIpc) is 2.80. The number of hydrogen-bond donors (Lipinski definition) is 0. The van der Waals surface area contributed by atoms with Crippen molar-refractivity contribution in [2.75, 3.05) is 0 Å². The average molecular weight is 378 g/mol. The van der Waals surface area contributed by atoms with Gasteiger partial charge in [0.25, 0.3) is 0 Å². The third-order valence-corrected chi connectivity index (χ3v) is 3.98. The fourth-order valence-corrected chi connectivity index (χ4v) is 2.52. The molecule has 0 unspecified atom stereocenters. The highest BCUT2D eigenvalue weighted by Gasteiger charge is 1.99. The molecule has 0 aliphatic rings. The Hall–Kier alpha value is -4.12. The quantitative estimate of drug-likeness (QED) is 0.311. The van der Waals surface area contributed by atoms with Crippen LogP contribution in [-0.4, -0.2) is 0 Å². The molecule has 0 amide bonds. The summed E-state index contributed by atoms with van der Waals surface area (Å²) in [5, 5.41) is 16.9. The van der Waals surface area contributed by atoms with E-state index in [1.165, 1.54) is 0 Å². The number of benzene rings is 4. The molecule has 0 saturated heterocycles. The number of azo groups is 2. The SMILES string of the molecule is c1ccc(N=Nc2ccc(Oc3ccc(N=Nc4ccccc4)cc3)cc2)cc1. The van der Waals surface area contributed by atoms with E-state index >= 15 is 0 Å². The van der Waals surface area contributed by atoms with Crippen LogP contribution >= 0.6 is 0 Å². The van der Waals surface area contributed by atoms with Crippen molar-refractivity contribution in [2.45, 2.75) is 0 Å². The van der Waals surface area contributed by atoms with Crippen LogP contribution in [0.4, 0.5) is 22.7 Å². The lowest BCUT2D eigenvalue weighted by atomic mass is 10.3. The maximum absolute atomic E-state index is 5.87. The Labute approximate surface area is 169 Å². The summed E-state index contributed by atoms with van der Waals surface area (Å²) in [5.74, 6) is 1.45. The summed E-state index contributed by atoms with van der Waals surface area (Å²) in [5.41, 5.74) is 3.16. The molecule has 0 aliphatic heterocycles. The molecule has 4 aromatic rings. The topological polar surface area (TPSA) is 58.7 Å². The Morgan fingerprint density at radius 3 is 1.00 bits per heavy atom. The van der Waals surface area contributed by atoms with Crippen molar-refractivity contribution in [3.05, 3.63) is 109 Å². The summed E-state index contributed by atoms with van der Waals surface area (Å²) in [6.45, 7) is 0. The van der Waals surface area contributed by atoms with E-state index in [0.29, 0.717) is 0 Å². The van der Waals surface area contributed by atoms with E-state index < -0.39 is 0 Å². The van der Waals surface area contributed by atoms with Crippen LogP contribution in [0.3, 0.4) is 0 Å². The van der Waals surface area contributed by atoms with Gasteiger partial charge in [0.15, 0.2) is 0 Å². The predicted octanol–water partition coefficient (Wildman–Crippen LogP) is 8.31. The van der Waals surface area contributed by atoms with Crippen LogP contribution in [-0.2, 0) is 0 Å². The second-order valence-corrected chi connectivity index (χ2v) is 6.16. The number of hydrogen-bond acceptors (Lipinski definition) is 5. The number of ether oxygens (including phenoxy) is 1. The Morgan fingerprint density at radius 1 is 0.345 bits per heavy atom. The first-order valence-electron chi connectivity index (χ1n) is 9.17. The molecule has 0 saturated carbocycles. The van der Waals surface area contributed by atoms with Crippen LogP contribution in [0.1, 0.15) is 0 Å². The molecule has 0 aliphatic carbocycles. The van der Waals surface area contributed by atoms with E-state index in [1.54, 1.807) is 0 Å². The zero-order valence-electron chi connectivity index (χ0n) is 15.6. The zero-order valence-corrected chi connectivity index (χ0v) is 15.6. The van der Waals surface area contributed by atoms with Crippen LogP contribution in [0.15, 0.2) is 130 Å². The summed E-state index contributed by atoms with van der Waals surface area (Å²) in [6, 6.07) is 34.2. The van der Waals surface area contributed by atoms with Crippen molar-refractivity contribution >= 4 is 22.7 Å². The first-order chi connectivity index (χ1) is 14.3. The molecule has 4 aromatic carbocycles. The summed E-state index contributed by atoms with van der Waals surface area (Å²) < 4.78 is 5.87. The van der Waals surface area contributed by atoms with Crippen molar-refractivity contribution in [1.82, 2.24) is 0 Å². The number of rotatable bonds is 6. The Kier molecular flexibility index (Phi) is 5.78. The Morgan fingerprint density at radius 2 is 0.655 bits per heavy atom. The standard InChI is InChI=1S/C24H18N4O/c1-3-7-19(8-4-1)25-27-21-11-15-23(16-12-21)29-24-17-13-22(14-18-24)28-26-20-9-5-2-6-10-20/h1-18H. The molecule has 0 N–H and O–H groups in total. The molecule has 0 aromatic heterocycles. The minimum absolute atomic E-state index is 0.724. The summed E-state index contributed by atoms with van der Waals surface area (Å²) in [6.07, 6.45) is 0. The van der Waals surface area contributed by atoms with Gasteiger partial charge in [0.05, 0.1) is 22.7 Å². The summed E-state index contributed by atoms with van der Waals surface area (Å²) in [7, 11) is 0. The first kappa shape index (κ1) is 18.3. The van der Waals surface area contributed by atoms with Gasteiger partial charge in [-0.2, -0.15) is 20.5 Å². The fourth-order valence-electron chi connectivity index (χ4n) is 2.52. The molecule has 5 heteroatoms. The van der Waals surface area contributed by atoms with Gasteiger partial charge in [-0.1, -0.05) is 36.4 Å². The molecular formula is C24H18N4O. The summed E-state index contributed by atoms with van der Waals surface area (Å²) in [4.78, 5) is 0. The van der Waals surface area contributed by atoms with E-state index in [0.717, 1.165) is 34.2 Å². The Balaban J connectivity index is 1.36. The van der Waals surface area contributed by atoms with Gasteiger partial charge in [0.2, 0.25) is 0 Å². The van der Waals surface area contributed by atoms with Gasteiger partial charge < -0.3 is 4.74 Å². The van der Waals surface area contributed by atoms with Gasteiger partial charge in [-0.05, 0) is 72.8 Å². The Bertz CT molecular complexity index is 1000. The lowest BCUT2D eigenvalue weighted by Gasteiger charge is -2.05.